The molecule has 1 fully saturated rings. The zero-order chi connectivity index (χ0) is 13.3. The Morgan fingerprint density at radius 3 is 2.83 bits per heavy atom. The average Bonchev–Trinajstić information content (AvgIpc) is 2.32. The number of hydrogen-bond acceptors (Lipinski definition) is 2. The van der Waals surface area contributed by atoms with Crippen LogP contribution in [0.3, 0.4) is 0 Å². The quantitative estimate of drug-likeness (QED) is 0.840. The van der Waals surface area contributed by atoms with Gasteiger partial charge in [-0.05, 0) is 43.9 Å². The topological polar surface area (TPSA) is 29.3 Å². The Morgan fingerprint density at radius 1 is 1.44 bits per heavy atom. The molecule has 1 saturated heterocycles. The number of benzene rings is 1. The highest BCUT2D eigenvalue weighted by atomic mass is 79.9. The van der Waals surface area contributed by atoms with Crippen LogP contribution in [0, 0.1) is 5.92 Å². The standard InChI is InChI=1S/C14H19BrN2S/c1-9-4-3-7-17(10(9)2)13-8-11(15)5-6-12(13)14(16)18/h5-6,8-10H,3-4,7H2,1-2H3,(H2,16,18). The van der Waals surface area contributed by atoms with Gasteiger partial charge in [-0.3, -0.25) is 0 Å². The van der Waals surface area contributed by atoms with Gasteiger partial charge in [0.25, 0.3) is 0 Å². The molecule has 1 aliphatic rings. The van der Waals surface area contributed by atoms with Crippen molar-refractivity contribution < 1.29 is 0 Å². The maximum atomic E-state index is 5.84. The third kappa shape index (κ3) is 2.69. The number of hydrogen-bond donors (Lipinski definition) is 1. The van der Waals surface area contributed by atoms with E-state index in [1.807, 2.05) is 12.1 Å². The highest BCUT2D eigenvalue weighted by Gasteiger charge is 2.26. The van der Waals surface area contributed by atoms with E-state index >= 15 is 0 Å². The molecule has 2 unspecified atom stereocenters. The second-order valence-corrected chi connectivity index (χ2v) is 6.43. The lowest BCUT2D eigenvalue weighted by Gasteiger charge is -2.40. The van der Waals surface area contributed by atoms with Gasteiger partial charge < -0.3 is 10.6 Å². The average molecular weight is 327 g/mol. The van der Waals surface area contributed by atoms with Gasteiger partial charge in [0, 0.05) is 28.3 Å². The first-order chi connectivity index (χ1) is 8.50. The van der Waals surface area contributed by atoms with Gasteiger partial charge in [-0.25, -0.2) is 0 Å². The fraction of sp³-hybridized carbons (Fsp3) is 0.500. The van der Waals surface area contributed by atoms with Gasteiger partial charge in [-0.1, -0.05) is 35.1 Å². The van der Waals surface area contributed by atoms with Gasteiger partial charge in [0.05, 0.1) is 0 Å². The number of thiocarbonyl (C=S) groups is 1. The first-order valence-corrected chi connectivity index (χ1v) is 7.57. The summed E-state index contributed by atoms with van der Waals surface area (Å²) < 4.78 is 1.07. The summed E-state index contributed by atoms with van der Waals surface area (Å²) in [6.07, 6.45) is 2.53. The lowest BCUT2D eigenvalue weighted by Crippen LogP contribution is -2.43. The van der Waals surface area contributed by atoms with Crippen LogP contribution in [-0.4, -0.2) is 17.6 Å². The van der Waals surface area contributed by atoms with Crippen LogP contribution in [0.25, 0.3) is 0 Å². The summed E-state index contributed by atoms with van der Waals surface area (Å²) in [7, 11) is 0. The molecule has 1 aliphatic heterocycles. The Morgan fingerprint density at radius 2 is 2.17 bits per heavy atom. The third-order valence-corrected chi connectivity index (χ3v) is 4.62. The third-order valence-electron chi connectivity index (χ3n) is 3.91. The summed E-state index contributed by atoms with van der Waals surface area (Å²) >= 11 is 8.70. The molecule has 0 saturated carbocycles. The van der Waals surface area contributed by atoms with Crippen molar-refractivity contribution in [3.8, 4) is 0 Å². The minimum atomic E-state index is 0.475. The van der Waals surface area contributed by atoms with Crippen LogP contribution >= 0.6 is 28.1 Å². The predicted molar refractivity (Wildman–Crippen MR) is 85.2 cm³/mol. The molecule has 4 heteroatoms. The Kier molecular flexibility index (Phi) is 4.28. The van der Waals surface area contributed by atoms with Gasteiger partial charge in [0.15, 0.2) is 0 Å². The SMILES string of the molecule is CC1CCCN(c2cc(Br)ccc2C(N)=S)C1C. The number of rotatable bonds is 2. The maximum absolute atomic E-state index is 5.84. The van der Waals surface area contributed by atoms with E-state index in [0.29, 0.717) is 16.9 Å². The van der Waals surface area contributed by atoms with Crippen molar-refractivity contribution in [2.45, 2.75) is 32.7 Å². The normalized spacial score (nSPS) is 24.1. The second-order valence-electron chi connectivity index (χ2n) is 5.08. The fourth-order valence-electron chi connectivity index (χ4n) is 2.63. The molecule has 0 aromatic heterocycles. The largest absolute Gasteiger partial charge is 0.389 e. The molecular weight excluding hydrogens is 308 g/mol. The minimum Gasteiger partial charge on any atom is -0.389 e. The van der Waals surface area contributed by atoms with Gasteiger partial charge in [0.1, 0.15) is 4.99 Å². The number of nitrogens with two attached hydrogens (primary N) is 1. The number of piperidine rings is 1. The van der Waals surface area contributed by atoms with Crippen LogP contribution in [0.5, 0.6) is 0 Å². The van der Waals surface area contributed by atoms with Crippen LogP contribution in [0.4, 0.5) is 5.69 Å². The van der Waals surface area contributed by atoms with Crippen molar-refractivity contribution in [1.82, 2.24) is 0 Å². The van der Waals surface area contributed by atoms with Gasteiger partial charge in [-0.15, -0.1) is 0 Å². The Bertz CT molecular complexity index is 461. The molecule has 2 nitrogen and oxygen atoms in total. The van der Waals surface area contributed by atoms with Crippen molar-refractivity contribution in [1.29, 1.82) is 0 Å². The summed E-state index contributed by atoms with van der Waals surface area (Å²) in [5.41, 5.74) is 7.98. The lowest BCUT2D eigenvalue weighted by atomic mass is 9.91. The highest BCUT2D eigenvalue weighted by Crippen LogP contribution is 2.32. The van der Waals surface area contributed by atoms with Crippen LogP contribution in [0.2, 0.25) is 0 Å². The molecule has 1 aromatic carbocycles. The zero-order valence-corrected chi connectivity index (χ0v) is 13.2. The van der Waals surface area contributed by atoms with Gasteiger partial charge in [-0.2, -0.15) is 0 Å². The predicted octanol–water partition coefficient (Wildman–Crippen LogP) is 3.71. The van der Waals surface area contributed by atoms with Gasteiger partial charge in [0.2, 0.25) is 0 Å². The molecule has 1 aromatic rings. The van der Waals surface area contributed by atoms with Crippen molar-refractivity contribution in [3.63, 3.8) is 0 Å². The Balaban J connectivity index is 2.42. The zero-order valence-electron chi connectivity index (χ0n) is 10.8. The number of halogens is 1. The number of nitrogens with zero attached hydrogens (tertiary/aromatic N) is 1. The molecule has 2 N–H and O–H groups in total. The van der Waals surface area contributed by atoms with Crippen molar-refractivity contribution in [2.24, 2.45) is 11.7 Å². The maximum Gasteiger partial charge on any atom is 0.106 e. The summed E-state index contributed by atoms with van der Waals surface area (Å²) in [5, 5.41) is 0. The van der Waals surface area contributed by atoms with Gasteiger partial charge >= 0.3 is 0 Å². The first-order valence-electron chi connectivity index (χ1n) is 6.36. The van der Waals surface area contributed by atoms with Crippen molar-refractivity contribution in [2.75, 3.05) is 11.4 Å². The van der Waals surface area contributed by atoms with E-state index in [0.717, 1.165) is 22.3 Å². The molecule has 18 heavy (non-hydrogen) atoms. The molecule has 0 radical (unpaired) electrons. The Labute approximate surface area is 123 Å². The highest BCUT2D eigenvalue weighted by molar-refractivity contribution is 9.10. The molecule has 0 amide bonds. The molecule has 0 bridgehead atoms. The monoisotopic (exact) mass is 326 g/mol. The molecule has 2 rings (SSSR count). The minimum absolute atomic E-state index is 0.475. The molecule has 1 heterocycles. The number of anilines is 1. The smallest absolute Gasteiger partial charge is 0.106 e. The van der Waals surface area contributed by atoms with E-state index in [-0.39, 0.29) is 0 Å². The van der Waals surface area contributed by atoms with Crippen LogP contribution in [0.1, 0.15) is 32.3 Å². The van der Waals surface area contributed by atoms with Crippen LogP contribution in [-0.2, 0) is 0 Å². The van der Waals surface area contributed by atoms with E-state index in [2.05, 4.69) is 40.7 Å². The molecular formula is C14H19BrN2S. The fourth-order valence-corrected chi connectivity index (χ4v) is 3.15. The summed E-state index contributed by atoms with van der Waals surface area (Å²) in [6, 6.07) is 6.66. The molecule has 98 valence electrons. The van der Waals surface area contributed by atoms with E-state index in [4.69, 9.17) is 18.0 Å². The summed E-state index contributed by atoms with van der Waals surface area (Å²) in [6.45, 7) is 5.68. The summed E-state index contributed by atoms with van der Waals surface area (Å²) in [5.74, 6) is 0.705. The molecule has 0 spiro atoms. The van der Waals surface area contributed by atoms with Crippen LogP contribution < -0.4 is 10.6 Å². The van der Waals surface area contributed by atoms with Crippen LogP contribution in [0.15, 0.2) is 22.7 Å². The van der Waals surface area contributed by atoms with Crippen molar-refractivity contribution >= 4 is 38.8 Å². The Hall–Kier alpha value is -0.610. The molecule has 0 aliphatic carbocycles. The second kappa shape index (κ2) is 5.57. The van der Waals surface area contributed by atoms with E-state index in [1.165, 1.54) is 12.8 Å². The lowest BCUT2D eigenvalue weighted by molar-refractivity contribution is 0.363. The van der Waals surface area contributed by atoms with E-state index in [9.17, 15) is 0 Å². The first kappa shape index (κ1) is 13.8. The summed E-state index contributed by atoms with van der Waals surface area (Å²) in [4.78, 5) is 2.91. The van der Waals surface area contributed by atoms with Crippen molar-refractivity contribution in [3.05, 3.63) is 28.2 Å². The van der Waals surface area contributed by atoms with E-state index < -0.39 is 0 Å². The molecule has 2 atom stereocenters. The van der Waals surface area contributed by atoms with E-state index in [1.54, 1.807) is 0 Å².